The molecule has 0 aliphatic rings. The summed E-state index contributed by atoms with van der Waals surface area (Å²) in [4.78, 5) is 8.51. The van der Waals surface area contributed by atoms with Crippen molar-refractivity contribution in [2.45, 2.75) is 20.9 Å². The zero-order valence-electron chi connectivity index (χ0n) is 16.5. The molecule has 17 heteroatoms. The number of anilines is 1. The number of hydrogen-bond donors (Lipinski definition) is 4. The summed E-state index contributed by atoms with van der Waals surface area (Å²) in [5.74, 6) is -2.51. The third-order valence-corrected chi connectivity index (χ3v) is 7.80. The quantitative estimate of drug-likeness (QED) is 0.216. The number of benzene rings is 4. The smallest absolute Gasteiger partial charge is 0.318 e. The highest BCUT2D eigenvalue weighted by Gasteiger charge is 2.39. The Balaban J connectivity index is 2.34. The molecule has 0 aromatic heterocycles. The predicted molar refractivity (Wildman–Crippen MR) is 114 cm³/mol. The van der Waals surface area contributed by atoms with Crippen LogP contribution < -0.4 is 5.32 Å². The summed E-state index contributed by atoms with van der Waals surface area (Å²) < 4.78 is 139. The van der Waals surface area contributed by atoms with E-state index in [0.29, 0.717) is 12.1 Å². The van der Waals surface area contributed by atoms with E-state index in [2.05, 4.69) is 0 Å². The molecule has 0 heterocycles. The Kier molecular flexibility index (Phi) is 5.33. The molecule has 0 unspecified atom stereocenters. The second-order valence-corrected chi connectivity index (χ2v) is 11.4. The molecule has 0 aliphatic carbocycles. The average molecular weight is 553 g/mol. The van der Waals surface area contributed by atoms with Crippen LogP contribution in [0.4, 0.5) is 18.9 Å². The fourth-order valence-corrected chi connectivity index (χ4v) is 6.05. The number of rotatable bonds is 4. The van der Waals surface area contributed by atoms with Crippen LogP contribution in [0.15, 0.2) is 51.1 Å². The van der Waals surface area contributed by atoms with Gasteiger partial charge in [-0.05, 0) is 12.1 Å². The molecule has 4 aromatic carbocycles. The molecule has 0 saturated heterocycles. The summed E-state index contributed by atoms with van der Waals surface area (Å²) in [6, 6.07) is 4.87. The van der Waals surface area contributed by atoms with E-state index < -0.39 is 79.0 Å². The highest BCUT2D eigenvalue weighted by Crippen LogP contribution is 2.44. The molecule has 0 radical (unpaired) electrons. The molecule has 0 bridgehead atoms. The van der Waals surface area contributed by atoms with Crippen molar-refractivity contribution in [1.29, 1.82) is 0 Å². The number of carbonyl (C=O) groups excluding carboxylic acids is 1. The van der Waals surface area contributed by atoms with E-state index in [1.165, 1.54) is 5.32 Å². The van der Waals surface area contributed by atoms with Crippen LogP contribution in [0.2, 0.25) is 0 Å². The van der Waals surface area contributed by atoms with Crippen LogP contribution >= 0.6 is 0 Å². The SMILES string of the molecule is O=C(Nc1cc(S(=O)(=O)O)c2ccc3c(S(=O)(=O)O)cc(S(=O)(=O)O)c4ccc1c2c43)C(F)(F)F. The number of halogens is 3. The lowest BCUT2D eigenvalue weighted by molar-refractivity contribution is -0.167. The van der Waals surface area contributed by atoms with Crippen molar-refractivity contribution in [3.05, 3.63) is 36.4 Å². The number of carbonyl (C=O) groups is 1. The Bertz CT molecular complexity index is 1850. The molecule has 4 rings (SSSR count). The van der Waals surface area contributed by atoms with E-state index in [9.17, 15) is 56.9 Å². The predicted octanol–water partition coefficient (Wildman–Crippen LogP) is 2.82. The lowest BCUT2D eigenvalue weighted by Crippen LogP contribution is -2.30. The number of alkyl halides is 3. The zero-order chi connectivity index (χ0) is 26.3. The first-order valence-electron chi connectivity index (χ1n) is 8.91. The maximum Gasteiger partial charge on any atom is 0.471 e. The fraction of sp³-hybridized carbons (Fsp3) is 0.0556. The van der Waals surface area contributed by atoms with Crippen molar-refractivity contribution in [1.82, 2.24) is 0 Å². The van der Waals surface area contributed by atoms with Crippen molar-refractivity contribution in [3.63, 3.8) is 0 Å². The first-order chi connectivity index (χ1) is 15.8. The zero-order valence-corrected chi connectivity index (χ0v) is 19.0. The van der Waals surface area contributed by atoms with Crippen LogP contribution in [0.25, 0.3) is 32.3 Å². The van der Waals surface area contributed by atoms with E-state index in [-0.39, 0.29) is 16.2 Å². The first kappa shape index (κ1) is 25.0. The molecule has 0 atom stereocenters. The third kappa shape index (κ3) is 4.15. The molecular formula is C18H10F3NO10S3. The molecule has 0 saturated carbocycles. The second-order valence-electron chi connectivity index (χ2n) is 7.24. The Morgan fingerprint density at radius 2 is 1.00 bits per heavy atom. The van der Waals surface area contributed by atoms with E-state index in [4.69, 9.17) is 0 Å². The monoisotopic (exact) mass is 553 g/mol. The Morgan fingerprint density at radius 1 is 0.657 bits per heavy atom. The van der Waals surface area contributed by atoms with Gasteiger partial charge < -0.3 is 5.32 Å². The van der Waals surface area contributed by atoms with Crippen LogP contribution in [0.5, 0.6) is 0 Å². The van der Waals surface area contributed by atoms with Gasteiger partial charge in [-0.2, -0.15) is 38.4 Å². The standard InChI is InChI=1S/C18H10F3NO10S3/c19-18(20,21)17(23)22-11-5-12(33(24,25)26)8-3-4-10-14(35(30,31)32)6-13(34(27,28)29)9-2-1-7(11)15(8)16(9)10/h1-6H,(H,22,23)(H,24,25,26)(H,27,28,29)(H,30,31,32). The Labute approximate surface area is 193 Å². The number of amides is 1. The number of nitrogens with one attached hydrogen (secondary N) is 1. The summed E-state index contributed by atoms with van der Waals surface area (Å²) in [5.41, 5.74) is -0.771. The van der Waals surface area contributed by atoms with Gasteiger partial charge in [0, 0.05) is 32.3 Å². The van der Waals surface area contributed by atoms with Crippen molar-refractivity contribution < 1.29 is 56.9 Å². The highest BCUT2D eigenvalue weighted by atomic mass is 32.2. The van der Waals surface area contributed by atoms with Crippen LogP contribution in [-0.4, -0.2) is 51.0 Å². The Hall–Kier alpha value is -3.09. The molecule has 4 N–H and O–H groups in total. The van der Waals surface area contributed by atoms with Gasteiger partial charge in [-0.1, -0.05) is 24.3 Å². The van der Waals surface area contributed by atoms with Crippen molar-refractivity contribution in [2.75, 3.05) is 5.32 Å². The topological polar surface area (TPSA) is 192 Å². The van der Waals surface area contributed by atoms with E-state index in [0.717, 1.165) is 24.3 Å². The minimum atomic E-state index is -5.40. The third-order valence-electron chi connectivity index (χ3n) is 5.12. The molecule has 0 aliphatic heterocycles. The summed E-state index contributed by atoms with van der Waals surface area (Å²) >= 11 is 0. The maximum absolute atomic E-state index is 12.9. The van der Waals surface area contributed by atoms with Crippen molar-refractivity contribution >= 4 is 74.3 Å². The van der Waals surface area contributed by atoms with Gasteiger partial charge in [0.15, 0.2) is 0 Å². The van der Waals surface area contributed by atoms with Crippen LogP contribution in [0.1, 0.15) is 0 Å². The van der Waals surface area contributed by atoms with Crippen molar-refractivity contribution in [3.8, 4) is 0 Å². The first-order valence-corrected chi connectivity index (χ1v) is 13.2. The minimum Gasteiger partial charge on any atom is -0.318 e. The normalized spacial score (nSPS) is 13.7. The molecular weight excluding hydrogens is 543 g/mol. The van der Waals surface area contributed by atoms with Crippen LogP contribution in [-0.2, 0) is 35.1 Å². The molecule has 186 valence electrons. The van der Waals surface area contributed by atoms with Gasteiger partial charge in [-0.25, -0.2) is 0 Å². The summed E-state index contributed by atoms with van der Waals surface area (Å²) in [7, 11) is -15.5. The molecule has 0 spiro atoms. The average Bonchev–Trinajstić information content (AvgIpc) is 2.68. The van der Waals surface area contributed by atoms with Crippen molar-refractivity contribution in [2.24, 2.45) is 0 Å². The van der Waals surface area contributed by atoms with E-state index in [1.807, 2.05) is 0 Å². The van der Waals surface area contributed by atoms with E-state index >= 15 is 0 Å². The number of hydrogen-bond acceptors (Lipinski definition) is 7. The van der Waals surface area contributed by atoms with Crippen LogP contribution in [0.3, 0.4) is 0 Å². The summed E-state index contributed by atoms with van der Waals surface area (Å²) in [5, 5.41) is -0.817. The largest absolute Gasteiger partial charge is 0.471 e. The highest BCUT2D eigenvalue weighted by molar-refractivity contribution is 7.87. The molecule has 4 aromatic rings. The summed E-state index contributed by atoms with van der Waals surface area (Å²) in [6.07, 6.45) is -5.40. The molecule has 1 amide bonds. The van der Waals surface area contributed by atoms with Gasteiger partial charge >= 0.3 is 12.1 Å². The molecule has 0 fully saturated rings. The molecule has 11 nitrogen and oxygen atoms in total. The van der Waals surface area contributed by atoms with Gasteiger partial charge in [0.25, 0.3) is 30.4 Å². The van der Waals surface area contributed by atoms with E-state index in [1.54, 1.807) is 0 Å². The van der Waals surface area contributed by atoms with Gasteiger partial charge in [-0.15, -0.1) is 0 Å². The minimum absolute atomic E-state index is 0.308. The Morgan fingerprint density at radius 3 is 1.37 bits per heavy atom. The lowest BCUT2D eigenvalue weighted by Gasteiger charge is -2.19. The van der Waals surface area contributed by atoms with Gasteiger partial charge in [-0.3, -0.25) is 18.5 Å². The second kappa shape index (κ2) is 7.45. The fourth-order valence-electron chi connectivity index (χ4n) is 3.83. The van der Waals surface area contributed by atoms with Gasteiger partial charge in [0.2, 0.25) is 0 Å². The lowest BCUT2D eigenvalue weighted by atomic mass is 9.93. The molecule has 35 heavy (non-hydrogen) atoms. The van der Waals surface area contributed by atoms with Gasteiger partial charge in [0.05, 0.1) is 5.69 Å². The van der Waals surface area contributed by atoms with Crippen LogP contribution in [0, 0.1) is 0 Å². The maximum atomic E-state index is 12.9. The van der Waals surface area contributed by atoms with Gasteiger partial charge in [0.1, 0.15) is 14.7 Å². The summed E-state index contributed by atoms with van der Waals surface area (Å²) in [6.45, 7) is 0.